The third-order valence-electron chi connectivity index (χ3n) is 4.53. The van der Waals surface area contributed by atoms with Gasteiger partial charge in [0.15, 0.2) is 0 Å². The standard InChI is InChI=1S/C21H20N6O2/c28-19(10-9-18-26-17-8-4-2-6-15(17)21(29)27-18)22-11-12-23-20-14-5-1-3-7-16(14)24-13-25-20/h1-8,13H,9-12H2,(H,22,28)(H,23,24,25)(H,26,27,29). The summed E-state index contributed by atoms with van der Waals surface area (Å²) in [6.07, 6.45) is 2.13. The van der Waals surface area contributed by atoms with E-state index in [9.17, 15) is 9.59 Å². The minimum Gasteiger partial charge on any atom is -0.368 e. The maximum Gasteiger partial charge on any atom is 0.258 e. The summed E-state index contributed by atoms with van der Waals surface area (Å²) in [5.74, 6) is 1.15. The fourth-order valence-corrected chi connectivity index (χ4v) is 3.10. The zero-order chi connectivity index (χ0) is 20.1. The molecule has 0 fully saturated rings. The van der Waals surface area contributed by atoms with Gasteiger partial charge in [-0.05, 0) is 24.3 Å². The van der Waals surface area contributed by atoms with Crippen molar-refractivity contribution in [1.82, 2.24) is 25.3 Å². The van der Waals surface area contributed by atoms with Crippen molar-refractivity contribution in [2.24, 2.45) is 0 Å². The first kappa shape index (κ1) is 18.5. The second kappa shape index (κ2) is 8.47. The minimum absolute atomic E-state index is 0.102. The molecule has 0 bridgehead atoms. The van der Waals surface area contributed by atoms with Gasteiger partial charge in [0.2, 0.25) is 5.91 Å². The Morgan fingerprint density at radius 2 is 1.69 bits per heavy atom. The molecule has 1 amide bonds. The zero-order valence-corrected chi connectivity index (χ0v) is 15.7. The highest BCUT2D eigenvalue weighted by Crippen LogP contribution is 2.17. The Kier molecular flexibility index (Phi) is 5.42. The van der Waals surface area contributed by atoms with Crippen molar-refractivity contribution in [3.63, 3.8) is 0 Å². The lowest BCUT2D eigenvalue weighted by Crippen LogP contribution is -2.29. The number of nitrogens with one attached hydrogen (secondary N) is 3. The number of carbonyl (C=O) groups is 1. The van der Waals surface area contributed by atoms with Crippen LogP contribution in [0.3, 0.4) is 0 Å². The second-order valence-electron chi connectivity index (χ2n) is 6.55. The van der Waals surface area contributed by atoms with Gasteiger partial charge in [-0.1, -0.05) is 24.3 Å². The number of benzene rings is 2. The molecule has 29 heavy (non-hydrogen) atoms. The lowest BCUT2D eigenvalue weighted by Gasteiger charge is -2.09. The summed E-state index contributed by atoms with van der Waals surface area (Å²) in [5.41, 5.74) is 1.31. The number of anilines is 1. The molecule has 4 rings (SSSR count). The number of carbonyl (C=O) groups excluding carboxylic acids is 1. The minimum atomic E-state index is -0.188. The molecule has 0 atom stereocenters. The van der Waals surface area contributed by atoms with Gasteiger partial charge in [0.05, 0.1) is 16.4 Å². The van der Waals surface area contributed by atoms with Crippen LogP contribution in [0.4, 0.5) is 5.82 Å². The number of aryl methyl sites for hydroxylation is 1. The Morgan fingerprint density at radius 3 is 2.55 bits per heavy atom. The molecule has 3 N–H and O–H groups in total. The molecule has 0 aliphatic heterocycles. The van der Waals surface area contributed by atoms with E-state index < -0.39 is 0 Å². The highest BCUT2D eigenvalue weighted by atomic mass is 16.1. The monoisotopic (exact) mass is 388 g/mol. The summed E-state index contributed by atoms with van der Waals surface area (Å²) < 4.78 is 0. The highest BCUT2D eigenvalue weighted by Gasteiger charge is 2.07. The van der Waals surface area contributed by atoms with Crippen LogP contribution in [0.5, 0.6) is 0 Å². The van der Waals surface area contributed by atoms with E-state index in [4.69, 9.17) is 0 Å². The molecule has 146 valence electrons. The topological polar surface area (TPSA) is 113 Å². The van der Waals surface area contributed by atoms with Crippen molar-refractivity contribution in [3.05, 3.63) is 71.0 Å². The number of para-hydroxylation sites is 2. The normalized spacial score (nSPS) is 10.9. The number of nitrogens with zero attached hydrogens (tertiary/aromatic N) is 3. The first-order valence-corrected chi connectivity index (χ1v) is 9.39. The first-order chi connectivity index (χ1) is 14.2. The number of amides is 1. The summed E-state index contributed by atoms with van der Waals surface area (Å²) in [4.78, 5) is 39.8. The third kappa shape index (κ3) is 4.37. The number of hydrogen-bond acceptors (Lipinski definition) is 6. The fourth-order valence-electron chi connectivity index (χ4n) is 3.10. The highest BCUT2D eigenvalue weighted by molar-refractivity contribution is 5.88. The molecule has 0 radical (unpaired) electrons. The van der Waals surface area contributed by atoms with Gasteiger partial charge in [-0.15, -0.1) is 0 Å². The van der Waals surface area contributed by atoms with Crippen LogP contribution in [-0.4, -0.2) is 38.9 Å². The second-order valence-corrected chi connectivity index (χ2v) is 6.55. The number of rotatable bonds is 7. The van der Waals surface area contributed by atoms with Crippen LogP contribution in [-0.2, 0) is 11.2 Å². The summed E-state index contributed by atoms with van der Waals surface area (Å²) in [6, 6.07) is 14.9. The molecule has 0 saturated carbocycles. The quantitative estimate of drug-likeness (QED) is 0.418. The van der Waals surface area contributed by atoms with Crippen LogP contribution >= 0.6 is 0 Å². The van der Waals surface area contributed by atoms with Gasteiger partial charge in [0.25, 0.3) is 5.56 Å². The van der Waals surface area contributed by atoms with E-state index in [0.29, 0.717) is 36.2 Å². The third-order valence-corrected chi connectivity index (χ3v) is 4.53. The van der Waals surface area contributed by atoms with Gasteiger partial charge in [-0.2, -0.15) is 0 Å². The molecule has 0 unspecified atom stereocenters. The Bertz CT molecular complexity index is 1220. The molecule has 8 heteroatoms. The van der Waals surface area contributed by atoms with Crippen molar-refractivity contribution in [2.45, 2.75) is 12.8 Å². The Labute approximate surface area is 166 Å². The maximum absolute atomic E-state index is 12.1. The first-order valence-electron chi connectivity index (χ1n) is 9.39. The summed E-state index contributed by atoms with van der Waals surface area (Å²) >= 11 is 0. The molecule has 0 aliphatic rings. The number of H-pyrrole nitrogens is 1. The Morgan fingerprint density at radius 1 is 0.931 bits per heavy atom. The lowest BCUT2D eigenvalue weighted by molar-refractivity contribution is -0.121. The van der Waals surface area contributed by atoms with E-state index in [2.05, 4.69) is 30.6 Å². The van der Waals surface area contributed by atoms with Crippen LogP contribution in [0.15, 0.2) is 59.7 Å². The van der Waals surface area contributed by atoms with Crippen molar-refractivity contribution >= 4 is 33.5 Å². The van der Waals surface area contributed by atoms with Gasteiger partial charge >= 0.3 is 0 Å². The van der Waals surface area contributed by atoms with Crippen LogP contribution in [0.25, 0.3) is 21.8 Å². The van der Waals surface area contributed by atoms with Gasteiger partial charge in [-0.25, -0.2) is 15.0 Å². The van der Waals surface area contributed by atoms with Gasteiger partial charge in [0.1, 0.15) is 18.0 Å². The molecule has 2 aromatic carbocycles. The Balaban J connectivity index is 1.27. The van der Waals surface area contributed by atoms with Crippen molar-refractivity contribution in [3.8, 4) is 0 Å². The molecular weight excluding hydrogens is 368 g/mol. The predicted octanol–water partition coefficient (Wildman–Crippen LogP) is 2.03. The van der Waals surface area contributed by atoms with Gasteiger partial charge in [-0.3, -0.25) is 9.59 Å². The summed E-state index contributed by atoms with van der Waals surface area (Å²) in [5, 5.41) is 7.56. The van der Waals surface area contributed by atoms with E-state index in [-0.39, 0.29) is 17.9 Å². The average molecular weight is 388 g/mol. The molecule has 0 saturated heterocycles. The predicted molar refractivity (Wildman–Crippen MR) is 112 cm³/mol. The van der Waals surface area contributed by atoms with E-state index in [1.807, 2.05) is 30.3 Å². The van der Waals surface area contributed by atoms with Gasteiger partial charge in [0, 0.05) is 31.3 Å². The van der Waals surface area contributed by atoms with E-state index >= 15 is 0 Å². The number of aromatic nitrogens is 4. The largest absolute Gasteiger partial charge is 0.368 e. The average Bonchev–Trinajstić information content (AvgIpc) is 2.75. The number of aromatic amines is 1. The summed E-state index contributed by atoms with van der Waals surface area (Å²) in [7, 11) is 0. The van der Waals surface area contributed by atoms with Crippen LogP contribution in [0, 0.1) is 0 Å². The number of hydrogen-bond donors (Lipinski definition) is 3. The smallest absolute Gasteiger partial charge is 0.258 e. The SMILES string of the molecule is O=C(CCc1nc2ccccc2c(=O)[nH]1)NCCNc1ncnc2ccccc12. The molecule has 2 heterocycles. The molecule has 8 nitrogen and oxygen atoms in total. The van der Waals surface area contributed by atoms with Crippen LogP contribution in [0.2, 0.25) is 0 Å². The molecule has 2 aromatic heterocycles. The number of fused-ring (bicyclic) bond motifs is 2. The molecular formula is C21H20N6O2. The lowest BCUT2D eigenvalue weighted by atomic mass is 10.2. The van der Waals surface area contributed by atoms with Gasteiger partial charge < -0.3 is 15.6 Å². The fraction of sp³-hybridized carbons (Fsp3) is 0.190. The maximum atomic E-state index is 12.1. The van der Waals surface area contributed by atoms with E-state index in [0.717, 1.165) is 16.7 Å². The van der Waals surface area contributed by atoms with E-state index in [1.54, 1.807) is 18.2 Å². The molecule has 4 aromatic rings. The van der Waals surface area contributed by atoms with Crippen molar-refractivity contribution in [2.75, 3.05) is 18.4 Å². The zero-order valence-electron chi connectivity index (χ0n) is 15.7. The summed E-state index contributed by atoms with van der Waals surface area (Å²) in [6.45, 7) is 0.997. The van der Waals surface area contributed by atoms with Crippen LogP contribution < -0.4 is 16.2 Å². The molecule has 0 aliphatic carbocycles. The van der Waals surface area contributed by atoms with Crippen LogP contribution in [0.1, 0.15) is 12.2 Å². The molecule has 0 spiro atoms. The van der Waals surface area contributed by atoms with Crippen molar-refractivity contribution in [1.29, 1.82) is 0 Å². The van der Waals surface area contributed by atoms with Crippen molar-refractivity contribution < 1.29 is 4.79 Å². The van der Waals surface area contributed by atoms with E-state index in [1.165, 1.54) is 6.33 Å². The Hall–Kier alpha value is -3.81.